The molecular formula is C13H17FN2O3S. The minimum absolute atomic E-state index is 0.0739. The van der Waals surface area contributed by atoms with Crippen LogP contribution in [0.5, 0.6) is 0 Å². The molecule has 0 radical (unpaired) electrons. The number of anilines is 1. The fourth-order valence-corrected chi connectivity index (χ4v) is 2.89. The van der Waals surface area contributed by atoms with Crippen LogP contribution >= 0.6 is 0 Å². The molecule has 0 aromatic heterocycles. The normalized spacial score (nSPS) is 19.9. The second-order valence-electron chi connectivity index (χ2n) is 4.70. The molecule has 1 aromatic rings. The van der Waals surface area contributed by atoms with Gasteiger partial charge in [0.15, 0.2) is 0 Å². The SMILES string of the molecule is C[S@@](=O)c1ccc(NC(=O)N2CCC[C@H]2CO)cc1F. The van der Waals surface area contributed by atoms with Crippen LogP contribution in [0.1, 0.15) is 12.8 Å². The first kappa shape index (κ1) is 14.9. The van der Waals surface area contributed by atoms with E-state index in [1.165, 1.54) is 18.4 Å². The number of benzene rings is 1. The molecule has 1 aliphatic heterocycles. The van der Waals surface area contributed by atoms with Gasteiger partial charge < -0.3 is 15.3 Å². The van der Waals surface area contributed by atoms with Gasteiger partial charge in [-0.15, -0.1) is 0 Å². The summed E-state index contributed by atoms with van der Waals surface area (Å²) in [5.41, 5.74) is 0.310. The summed E-state index contributed by atoms with van der Waals surface area (Å²) in [5, 5.41) is 11.8. The Bertz CT molecular complexity index is 538. The molecule has 7 heteroatoms. The van der Waals surface area contributed by atoms with Crippen molar-refractivity contribution in [1.29, 1.82) is 0 Å². The van der Waals surface area contributed by atoms with Crippen LogP contribution in [-0.2, 0) is 10.8 Å². The van der Waals surface area contributed by atoms with Gasteiger partial charge in [-0.2, -0.15) is 0 Å². The van der Waals surface area contributed by atoms with Gasteiger partial charge >= 0.3 is 6.03 Å². The molecule has 20 heavy (non-hydrogen) atoms. The molecule has 0 spiro atoms. The van der Waals surface area contributed by atoms with Crippen LogP contribution in [0, 0.1) is 5.82 Å². The number of urea groups is 1. The number of carbonyl (C=O) groups excluding carboxylic acids is 1. The third-order valence-electron chi connectivity index (χ3n) is 3.34. The van der Waals surface area contributed by atoms with Gasteiger partial charge in [-0.05, 0) is 31.0 Å². The number of likely N-dealkylation sites (tertiary alicyclic amines) is 1. The van der Waals surface area contributed by atoms with E-state index in [9.17, 15) is 18.5 Å². The van der Waals surface area contributed by atoms with Gasteiger partial charge in [-0.3, -0.25) is 4.21 Å². The van der Waals surface area contributed by atoms with E-state index in [4.69, 9.17) is 0 Å². The zero-order valence-electron chi connectivity index (χ0n) is 11.1. The van der Waals surface area contributed by atoms with Crippen LogP contribution in [-0.4, -0.2) is 45.7 Å². The summed E-state index contributed by atoms with van der Waals surface area (Å²) in [6.45, 7) is 0.506. The zero-order chi connectivity index (χ0) is 14.7. The second-order valence-corrected chi connectivity index (χ2v) is 6.05. The lowest BCUT2D eigenvalue weighted by atomic mass is 10.2. The highest BCUT2D eigenvalue weighted by Gasteiger charge is 2.28. The van der Waals surface area contributed by atoms with E-state index in [-0.39, 0.29) is 23.6 Å². The summed E-state index contributed by atoms with van der Waals surface area (Å²) in [7, 11) is -1.40. The molecule has 2 amide bonds. The maximum atomic E-state index is 13.7. The standard InChI is InChI=1S/C13H17FN2O3S/c1-20(19)12-5-4-9(7-11(12)14)15-13(18)16-6-2-3-10(16)8-17/h4-5,7,10,17H,2-3,6,8H2,1H3,(H,15,18)/t10-,20+/m0/s1. The number of amides is 2. The van der Waals surface area contributed by atoms with Gasteiger partial charge in [0.05, 0.1) is 28.3 Å². The van der Waals surface area contributed by atoms with E-state index in [2.05, 4.69) is 5.32 Å². The summed E-state index contributed by atoms with van der Waals surface area (Å²) in [4.78, 5) is 13.7. The van der Waals surface area contributed by atoms with Gasteiger partial charge in [0.2, 0.25) is 0 Å². The quantitative estimate of drug-likeness (QED) is 0.890. The molecule has 0 bridgehead atoms. The Labute approximate surface area is 119 Å². The topological polar surface area (TPSA) is 69.6 Å². The summed E-state index contributed by atoms with van der Waals surface area (Å²) >= 11 is 0. The molecule has 5 nitrogen and oxygen atoms in total. The minimum Gasteiger partial charge on any atom is -0.394 e. The van der Waals surface area contributed by atoms with Crippen LogP contribution in [0.2, 0.25) is 0 Å². The van der Waals surface area contributed by atoms with Gasteiger partial charge in [0, 0.05) is 18.5 Å². The van der Waals surface area contributed by atoms with Crippen molar-refractivity contribution in [3.63, 3.8) is 0 Å². The summed E-state index contributed by atoms with van der Waals surface area (Å²) in [6.07, 6.45) is 3.01. The fourth-order valence-electron chi connectivity index (χ4n) is 2.30. The molecule has 1 aliphatic rings. The first-order valence-corrected chi connectivity index (χ1v) is 7.90. The van der Waals surface area contributed by atoms with Gasteiger partial charge in [0.25, 0.3) is 0 Å². The molecule has 1 saturated heterocycles. The average molecular weight is 300 g/mol. The van der Waals surface area contributed by atoms with Gasteiger partial charge in [-0.25, -0.2) is 9.18 Å². The fraction of sp³-hybridized carbons (Fsp3) is 0.462. The number of hydrogen-bond donors (Lipinski definition) is 2. The minimum atomic E-state index is -1.40. The van der Waals surface area contributed by atoms with E-state index in [0.29, 0.717) is 12.2 Å². The molecule has 2 N–H and O–H groups in total. The van der Waals surface area contributed by atoms with Gasteiger partial charge in [-0.1, -0.05) is 0 Å². The lowest BCUT2D eigenvalue weighted by molar-refractivity contribution is 0.166. The summed E-state index contributed by atoms with van der Waals surface area (Å²) < 4.78 is 24.9. The highest BCUT2D eigenvalue weighted by atomic mass is 32.2. The number of carbonyl (C=O) groups is 1. The summed E-state index contributed by atoms with van der Waals surface area (Å²) in [5.74, 6) is -0.608. The zero-order valence-corrected chi connectivity index (χ0v) is 12.0. The predicted octanol–water partition coefficient (Wildman–Crippen LogP) is 1.55. The lowest BCUT2D eigenvalue weighted by Crippen LogP contribution is -2.40. The molecular weight excluding hydrogens is 283 g/mol. The Hall–Kier alpha value is -1.47. The van der Waals surface area contributed by atoms with E-state index in [1.807, 2.05) is 0 Å². The van der Waals surface area contributed by atoms with Crippen LogP contribution in [0.4, 0.5) is 14.9 Å². The van der Waals surface area contributed by atoms with Crippen molar-refractivity contribution in [2.75, 3.05) is 24.7 Å². The molecule has 2 rings (SSSR count). The van der Waals surface area contributed by atoms with Gasteiger partial charge in [0.1, 0.15) is 5.82 Å². The van der Waals surface area contributed by atoms with Crippen molar-refractivity contribution >= 4 is 22.5 Å². The number of nitrogens with zero attached hydrogens (tertiary/aromatic N) is 1. The van der Waals surface area contributed by atoms with Crippen molar-refractivity contribution < 1.29 is 18.5 Å². The van der Waals surface area contributed by atoms with Crippen molar-refractivity contribution in [2.24, 2.45) is 0 Å². The first-order valence-electron chi connectivity index (χ1n) is 6.34. The highest BCUT2D eigenvalue weighted by Crippen LogP contribution is 2.20. The van der Waals surface area contributed by atoms with Crippen molar-refractivity contribution in [3.8, 4) is 0 Å². The number of aliphatic hydroxyl groups is 1. The van der Waals surface area contributed by atoms with Crippen LogP contribution in [0.25, 0.3) is 0 Å². The molecule has 110 valence electrons. The largest absolute Gasteiger partial charge is 0.394 e. The smallest absolute Gasteiger partial charge is 0.322 e. The molecule has 1 aromatic carbocycles. The third-order valence-corrected chi connectivity index (χ3v) is 4.29. The lowest BCUT2D eigenvalue weighted by Gasteiger charge is -2.23. The number of hydrogen-bond acceptors (Lipinski definition) is 3. The maximum absolute atomic E-state index is 13.7. The van der Waals surface area contributed by atoms with E-state index >= 15 is 0 Å². The predicted molar refractivity (Wildman–Crippen MR) is 74.6 cm³/mol. The van der Waals surface area contributed by atoms with Crippen LogP contribution in [0.3, 0.4) is 0 Å². The first-order chi connectivity index (χ1) is 9.52. The van der Waals surface area contributed by atoms with Crippen molar-refractivity contribution in [2.45, 2.75) is 23.8 Å². The second kappa shape index (κ2) is 6.32. The number of rotatable bonds is 3. The Morgan fingerprint density at radius 2 is 2.35 bits per heavy atom. The van der Waals surface area contributed by atoms with Crippen LogP contribution in [0.15, 0.2) is 23.1 Å². The highest BCUT2D eigenvalue weighted by molar-refractivity contribution is 7.84. The molecule has 2 atom stereocenters. The van der Waals surface area contributed by atoms with E-state index in [0.717, 1.165) is 18.9 Å². The third kappa shape index (κ3) is 3.16. The Kier molecular flexibility index (Phi) is 4.72. The molecule has 0 aliphatic carbocycles. The molecule has 0 saturated carbocycles. The maximum Gasteiger partial charge on any atom is 0.322 e. The van der Waals surface area contributed by atoms with E-state index in [1.54, 1.807) is 4.90 Å². The Morgan fingerprint density at radius 3 is 2.95 bits per heavy atom. The number of nitrogens with one attached hydrogen (secondary N) is 1. The van der Waals surface area contributed by atoms with Crippen molar-refractivity contribution in [3.05, 3.63) is 24.0 Å². The van der Waals surface area contributed by atoms with Crippen LogP contribution < -0.4 is 5.32 Å². The monoisotopic (exact) mass is 300 g/mol. The number of halogens is 1. The number of aliphatic hydroxyl groups excluding tert-OH is 1. The molecule has 1 heterocycles. The molecule has 0 unspecified atom stereocenters. The Morgan fingerprint density at radius 1 is 1.60 bits per heavy atom. The van der Waals surface area contributed by atoms with Crippen molar-refractivity contribution in [1.82, 2.24) is 4.90 Å². The van der Waals surface area contributed by atoms with E-state index < -0.39 is 16.6 Å². The average Bonchev–Trinajstić information content (AvgIpc) is 2.86. The Balaban J connectivity index is 2.08. The summed E-state index contributed by atoms with van der Waals surface area (Å²) in [6, 6.07) is 3.53. The molecule has 1 fully saturated rings.